The van der Waals surface area contributed by atoms with Gasteiger partial charge in [-0.25, -0.2) is 0 Å². The molecule has 1 heterocycles. The molecule has 0 aromatic rings. The van der Waals surface area contributed by atoms with Crippen molar-refractivity contribution in [2.75, 3.05) is 52.5 Å². The van der Waals surface area contributed by atoms with Crippen LogP contribution in [0.25, 0.3) is 0 Å². The molecule has 0 spiro atoms. The van der Waals surface area contributed by atoms with Gasteiger partial charge >= 0.3 is 11.9 Å². The summed E-state index contributed by atoms with van der Waals surface area (Å²) in [6.45, 7) is 13.5. The zero-order valence-corrected chi connectivity index (χ0v) is 14.3. The molecule has 0 unspecified atom stereocenters. The van der Waals surface area contributed by atoms with E-state index in [-0.39, 0.29) is 23.8 Å². The average molecular weight is 314 g/mol. The van der Waals surface area contributed by atoms with Crippen LogP contribution in [-0.2, 0) is 19.1 Å². The Labute approximate surface area is 133 Å². The molecule has 0 bridgehead atoms. The van der Waals surface area contributed by atoms with Crippen molar-refractivity contribution in [3.63, 3.8) is 0 Å². The van der Waals surface area contributed by atoms with Crippen LogP contribution in [-0.4, -0.2) is 74.2 Å². The molecule has 128 valence electrons. The van der Waals surface area contributed by atoms with Crippen LogP contribution in [0.1, 0.15) is 27.7 Å². The summed E-state index contributed by atoms with van der Waals surface area (Å²) in [5.74, 6) is -0.434. The smallest absolute Gasteiger partial charge is 0.309 e. The Morgan fingerprint density at radius 1 is 0.818 bits per heavy atom. The third-order valence-electron chi connectivity index (χ3n) is 3.91. The third-order valence-corrected chi connectivity index (χ3v) is 3.91. The first-order chi connectivity index (χ1) is 10.5. The normalized spacial score (nSPS) is 19.5. The van der Waals surface area contributed by atoms with Gasteiger partial charge in [0.2, 0.25) is 0 Å². The van der Waals surface area contributed by atoms with Crippen LogP contribution in [0.3, 0.4) is 0 Å². The molecule has 1 saturated heterocycles. The van der Waals surface area contributed by atoms with Crippen LogP contribution >= 0.6 is 0 Å². The zero-order valence-electron chi connectivity index (χ0n) is 14.3. The second kappa shape index (κ2) is 9.79. The predicted octanol–water partition coefficient (Wildman–Crippen LogP) is 1.00. The van der Waals surface area contributed by atoms with Crippen molar-refractivity contribution in [2.24, 2.45) is 11.8 Å². The number of carbonyl (C=O) groups is 2. The topological polar surface area (TPSA) is 59.1 Å². The summed E-state index contributed by atoms with van der Waals surface area (Å²) in [5.41, 5.74) is 0. The molecule has 6 nitrogen and oxygen atoms in total. The maximum atomic E-state index is 11.7. The van der Waals surface area contributed by atoms with Crippen LogP contribution in [0.5, 0.6) is 0 Å². The minimum atomic E-state index is -0.124. The third kappa shape index (κ3) is 6.32. The summed E-state index contributed by atoms with van der Waals surface area (Å²) >= 11 is 0. The molecule has 0 amide bonds. The highest BCUT2D eigenvalue weighted by molar-refractivity contribution is 5.72. The summed E-state index contributed by atoms with van der Waals surface area (Å²) in [6, 6.07) is 0. The van der Waals surface area contributed by atoms with Crippen LogP contribution in [0, 0.1) is 11.8 Å². The standard InChI is InChI=1S/C16H30N2O4/c1-5-21-15(19)13(3)11-17-7-9-18(10-8-17)12-14(4)16(20)22-6-2/h13-14H,5-12H2,1-4H3/t13-,14-/m1/s1. The summed E-state index contributed by atoms with van der Waals surface area (Å²) < 4.78 is 10.1. The summed E-state index contributed by atoms with van der Waals surface area (Å²) in [7, 11) is 0. The van der Waals surface area contributed by atoms with E-state index < -0.39 is 0 Å². The van der Waals surface area contributed by atoms with Gasteiger partial charge in [-0.15, -0.1) is 0 Å². The van der Waals surface area contributed by atoms with E-state index in [1.165, 1.54) is 0 Å². The van der Waals surface area contributed by atoms with Gasteiger partial charge in [0.15, 0.2) is 0 Å². The molecular weight excluding hydrogens is 284 g/mol. The second-order valence-electron chi connectivity index (χ2n) is 5.91. The molecule has 1 fully saturated rings. The zero-order chi connectivity index (χ0) is 16.5. The summed E-state index contributed by atoms with van der Waals surface area (Å²) in [6.07, 6.45) is 0. The second-order valence-corrected chi connectivity index (χ2v) is 5.91. The lowest BCUT2D eigenvalue weighted by Crippen LogP contribution is -2.49. The molecule has 0 aromatic carbocycles. The molecule has 1 aliphatic rings. The van der Waals surface area contributed by atoms with Gasteiger partial charge in [-0.3, -0.25) is 19.4 Å². The number of nitrogens with zero attached hydrogens (tertiary/aromatic N) is 2. The van der Waals surface area contributed by atoms with Crippen LogP contribution < -0.4 is 0 Å². The van der Waals surface area contributed by atoms with Gasteiger partial charge in [0.05, 0.1) is 25.0 Å². The Morgan fingerprint density at radius 2 is 1.14 bits per heavy atom. The van der Waals surface area contributed by atoms with Crippen molar-refractivity contribution >= 4 is 11.9 Å². The van der Waals surface area contributed by atoms with E-state index in [1.807, 2.05) is 27.7 Å². The fourth-order valence-corrected chi connectivity index (χ4v) is 2.65. The highest BCUT2D eigenvalue weighted by atomic mass is 16.5. The first-order valence-corrected chi connectivity index (χ1v) is 8.25. The van der Waals surface area contributed by atoms with Crippen molar-refractivity contribution in [2.45, 2.75) is 27.7 Å². The minimum Gasteiger partial charge on any atom is -0.466 e. The van der Waals surface area contributed by atoms with E-state index in [0.717, 1.165) is 39.3 Å². The number of hydrogen-bond donors (Lipinski definition) is 0. The highest BCUT2D eigenvalue weighted by Gasteiger charge is 2.24. The Morgan fingerprint density at radius 3 is 1.41 bits per heavy atom. The first kappa shape index (κ1) is 18.9. The van der Waals surface area contributed by atoms with Crippen molar-refractivity contribution < 1.29 is 19.1 Å². The van der Waals surface area contributed by atoms with Crippen LogP contribution in [0.15, 0.2) is 0 Å². The van der Waals surface area contributed by atoms with Crippen molar-refractivity contribution in [1.29, 1.82) is 0 Å². The van der Waals surface area contributed by atoms with Gasteiger partial charge in [-0.05, 0) is 13.8 Å². The monoisotopic (exact) mass is 314 g/mol. The Kier molecular flexibility index (Phi) is 8.42. The fourth-order valence-electron chi connectivity index (χ4n) is 2.65. The van der Waals surface area contributed by atoms with Gasteiger partial charge < -0.3 is 9.47 Å². The number of rotatable bonds is 8. The lowest BCUT2D eigenvalue weighted by molar-refractivity contribution is -0.149. The van der Waals surface area contributed by atoms with Gasteiger partial charge in [0.25, 0.3) is 0 Å². The molecular formula is C16H30N2O4. The average Bonchev–Trinajstić information content (AvgIpc) is 2.49. The molecule has 1 rings (SSSR count). The van der Waals surface area contributed by atoms with Crippen molar-refractivity contribution in [3.8, 4) is 0 Å². The maximum absolute atomic E-state index is 11.7. The molecule has 0 aliphatic carbocycles. The SMILES string of the molecule is CCOC(=O)[C@H](C)CN1CCN(C[C@@H](C)C(=O)OCC)CC1. The largest absolute Gasteiger partial charge is 0.466 e. The highest BCUT2D eigenvalue weighted by Crippen LogP contribution is 2.10. The van der Waals surface area contributed by atoms with Crippen molar-refractivity contribution in [3.05, 3.63) is 0 Å². The lowest BCUT2D eigenvalue weighted by atomic mass is 10.1. The number of carbonyl (C=O) groups excluding carboxylic acids is 2. The predicted molar refractivity (Wildman–Crippen MR) is 84.5 cm³/mol. The van der Waals surface area contributed by atoms with Gasteiger partial charge in [0.1, 0.15) is 0 Å². The van der Waals surface area contributed by atoms with Gasteiger partial charge in [0, 0.05) is 39.3 Å². The van der Waals surface area contributed by atoms with E-state index >= 15 is 0 Å². The van der Waals surface area contributed by atoms with Crippen LogP contribution in [0.4, 0.5) is 0 Å². The maximum Gasteiger partial charge on any atom is 0.309 e. The fraction of sp³-hybridized carbons (Fsp3) is 0.875. The Balaban J connectivity index is 2.28. The molecule has 6 heteroatoms. The van der Waals surface area contributed by atoms with E-state index in [9.17, 15) is 9.59 Å². The molecule has 1 aliphatic heterocycles. The van der Waals surface area contributed by atoms with Gasteiger partial charge in [-0.1, -0.05) is 13.8 Å². The molecule has 0 radical (unpaired) electrons. The van der Waals surface area contributed by atoms with E-state index in [1.54, 1.807) is 0 Å². The minimum absolute atomic E-state index is 0.0926. The van der Waals surface area contributed by atoms with E-state index in [2.05, 4.69) is 9.80 Å². The summed E-state index contributed by atoms with van der Waals surface area (Å²) in [4.78, 5) is 27.9. The quantitative estimate of drug-likeness (QED) is 0.623. The molecule has 0 aromatic heterocycles. The molecule has 0 saturated carbocycles. The van der Waals surface area contributed by atoms with Crippen molar-refractivity contribution in [1.82, 2.24) is 9.80 Å². The molecule has 2 atom stereocenters. The Bertz CT molecular complexity index is 320. The van der Waals surface area contributed by atoms with Gasteiger partial charge in [-0.2, -0.15) is 0 Å². The van der Waals surface area contributed by atoms with Crippen LogP contribution in [0.2, 0.25) is 0 Å². The molecule has 22 heavy (non-hydrogen) atoms. The number of ether oxygens (including phenoxy) is 2. The van der Waals surface area contributed by atoms with E-state index in [0.29, 0.717) is 13.2 Å². The number of esters is 2. The first-order valence-electron chi connectivity index (χ1n) is 8.25. The molecule has 0 N–H and O–H groups in total. The van der Waals surface area contributed by atoms with E-state index in [4.69, 9.17) is 9.47 Å². The number of hydrogen-bond acceptors (Lipinski definition) is 6. The number of piperazine rings is 1. The Hall–Kier alpha value is -1.14. The summed E-state index contributed by atoms with van der Waals surface area (Å²) in [5, 5.41) is 0. The lowest BCUT2D eigenvalue weighted by Gasteiger charge is -2.36.